The largest absolute Gasteiger partial charge is 0.335 e. The Kier molecular flexibility index (Phi) is 3.57. The van der Waals surface area contributed by atoms with Crippen LogP contribution < -0.4 is 0 Å². The van der Waals surface area contributed by atoms with Gasteiger partial charge in [-0.25, -0.2) is 0 Å². The van der Waals surface area contributed by atoms with Crippen LogP contribution in [0.3, 0.4) is 0 Å². The molecule has 0 aliphatic carbocycles. The lowest BCUT2D eigenvalue weighted by Crippen LogP contribution is -2.39. The normalized spacial score (nSPS) is 16.1. The Morgan fingerprint density at radius 1 is 1.24 bits per heavy atom. The fourth-order valence-electron chi connectivity index (χ4n) is 2.03. The second kappa shape index (κ2) is 5.13. The van der Waals surface area contributed by atoms with Gasteiger partial charge in [-0.2, -0.15) is 0 Å². The first-order valence-corrected chi connectivity index (χ1v) is 6.04. The molecule has 1 fully saturated rings. The monoisotopic (exact) mass is 231 g/mol. The minimum Gasteiger partial charge on any atom is -0.335 e. The fraction of sp³-hybridized carbons (Fsp3) is 0.429. The molecule has 90 valence electrons. The van der Waals surface area contributed by atoms with E-state index in [1.165, 1.54) is 0 Å². The van der Waals surface area contributed by atoms with Crippen LogP contribution >= 0.6 is 0 Å². The van der Waals surface area contributed by atoms with Crippen LogP contribution in [0.4, 0.5) is 0 Å². The zero-order chi connectivity index (χ0) is 12.3. The molecule has 0 bridgehead atoms. The molecule has 0 aromatic heterocycles. The molecule has 3 heteroatoms. The van der Waals surface area contributed by atoms with Gasteiger partial charge in [0, 0.05) is 18.5 Å². The lowest BCUT2D eigenvalue weighted by Gasteiger charge is -2.25. The minimum atomic E-state index is 0.0280. The number of Topliss-reactive ketones (excluding diaryl/α,β-unsaturated/α-hetero) is 1. The summed E-state index contributed by atoms with van der Waals surface area (Å²) in [6.07, 6.45) is 2.54. The van der Waals surface area contributed by atoms with Crippen LogP contribution in [0.25, 0.3) is 0 Å². The first-order valence-electron chi connectivity index (χ1n) is 6.04. The first-order chi connectivity index (χ1) is 8.16. The van der Waals surface area contributed by atoms with Crippen LogP contribution in [0.5, 0.6) is 0 Å². The van der Waals surface area contributed by atoms with Gasteiger partial charge in [0.1, 0.15) is 0 Å². The summed E-state index contributed by atoms with van der Waals surface area (Å²) in [6.45, 7) is 2.93. The number of likely N-dealkylation sites (tertiary alicyclic amines) is 1. The fourth-order valence-corrected chi connectivity index (χ4v) is 2.03. The maximum Gasteiger partial charge on any atom is 0.222 e. The van der Waals surface area contributed by atoms with Gasteiger partial charge < -0.3 is 4.90 Å². The number of ketones is 1. The predicted octanol–water partition coefficient (Wildman–Crippen LogP) is 2.19. The van der Waals surface area contributed by atoms with E-state index in [4.69, 9.17) is 0 Å². The number of aryl methyl sites for hydroxylation is 1. The van der Waals surface area contributed by atoms with Gasteiger partial charge in [-0.15, -0.1) is 0 Å². The summed E-state index contributed by atoms with van der Waals surface area (Å²) in [5, 5.41) is 0. The molecule has 0 radical (unpaired) electrons. The highest BCUT2D eigenvalue weighted by atomic mass is 16.2. The highest BCUT2D eigenvalue weighted by Crippen LogP contribution is 2.12. The molecule has 0 spiro atoms. The van der Waals surface area contributed by atoms with Crippen molar-refractivity contribution in [2.45, 2.75) is 26.2 Å². The highest BCUT2D eigenvalue weighted by molar-refractivity contribution is 5.99. The molecule has 3 nitrogen and oxygen atoms in total. The van der Waals surface area contributed by atoms with Crippen LogP contribution in [-0.2, 0) is 4.79 Å². The number of benzene rings is 1. The molecule has 1 amide bonds. The van der Waals surface area contributed by atoms with Gasteiger partial charge in [0.05, 0.1) is 6.54 Å². The van der Waals surface area contributed by atoms with E-state index in [9.17, 15) is 9.59 Å². The van der Waals surface area contributed by atoms with Crippen LogP contribution in [0.1, 0.15) is 35.2 Å². The van der Waals surface area contributed by atoms with E-state index < -0.39 is 0 Å². The Balaban J connectivity index is 2.01. The topological polar surface area (TPSA) is 37.4 Å². The van der Waals surface area contributed by atoms with Crippen molar-refractivity contribution < 1.29 is 9.59 Å². The van der Waals surface area contributed by atoms with E-state index in [2.05, 4.69) is 0 Å². The molecule has 1 saturated heterocycles. The molecule has 2 rings (SSSR count). The Hall–Kier alpha value is -1.64. The number of hydrogen-bond donors (Lipinski definition) is 0. The van der Waals surface area contributed by atoms with Gasteiger partial charge in [-0.3, -0.25) is 9.59 Å². The Bertz CT molecular complexity index is 422. The predicted molar refractivity (Wildman–Crippen MR) is 65.9 cm³/mol. The molecule has 0 unspecified atom stereocenters. The average molecular weight is 231 g/mol. The van der Waals surface area contributed by atoms with Crippen LogP contribution in [-0.4, -0.2) is 29.7 Å². The van der Waals surface area contributed by atoms with Crippen molar-refractivity contribution in [1.82, 2.24) is 4.90 Å². The summed E-state index contributed by atoms with van der Waals surface area (Å²) in [6, 6.07) is 7.49. The summed E-state index contributed by atoms with van der Waals surface area (Å²) in [4.78, 5) is 25.2. The molecule has 1 aromatic rings. The number of carbonyl (C=O) groups excluding carboxylic acids is 2. The van der Waals surface area contributed by atoms with Gasteiger partial charge in [0.15, 0.2) is 5.78 Å². The third-order valence-electron chi connectivity index (χ3n) is 3.13. The molecule has 1 aliphatic heterocycles. The van der Waals surface area contributed by atoms with E-state index in [0.717, 1.165) is 24.9 Å². The van der Waals surface area contributed by atoms with Crippen LogP contribution in [0.15, 0.2) is 24.3 Å². The third-order valence-corrected chi connectivity index (χ3v) is 3.13. The van der Waals surface area contributed by atoms with E-state index in [0.29, 0.717) is 12.0 Å². The molecule has 1 heterocycles. The van der Waals surface area contributed by atoms with Crippen molar-refractivity contribution in [3.63, 3.8) is 0 Å². The molecular formula is C14H17NO2. The number of piperidine rings is 1. The summed E-state index contributed by atoms with van der Waals surface area (Å²) in [7, 11) is 0. The molecule has 1 aliphatic rings. The average Bonchev–Trinajstić information content (AvgIpc) is 2.33. The summed E-state index contributed by atoms with van der Waals surface area (Å²) in [5.74, 6) is 0.136. The highest BCUT2D eigenvalue weighted by Gasteiger charge is 2.20. The zero-order valence-corrected chi connectivity index (χ0v) is 10.1. The van der Waals surface area contributed by atoms with Crippen LogP contribution in [0, 0.1) is 6.92 Å². The number of rotatable bonds is 3. The molecule has 1 aromatic carbocycles. The van der Waals surface area contributed by atoms with Gasteiger partial charge in [-0.1, -0.05) is 29.8 Å². The lowest BCUT2D eigenvalue weighted by molar-refractivity contribution is -0.132. The van der Waals surface area contributed by atoms with Crippen molar-refractivity contribution in [3.8, 4) is 0 Å². The smallest absolute Gasteiger partial charge is 0.222 e. The Labute approximate surface area is 101 Å². The second-order valence-electron chi connectivity index (χ2n) is 4.56. The van der Waals surface area contributed by atoms with Crippen molar-refractivity contribution in [2.75, 3.05) is 13.1 Å². The third kappa shape index (κ3) is 2.93. The first kappa shape index (κ1) is 11.8. The summed E-state index contributed by atoms with van der Waals surface area (Å²) < 4.78 is 0. The van der Waals surface area contributed by atoms with Gasteiger partial charge >= 0.3 is 0 Å². The van der Waals surface area contributed by atoms with Crippen molar-refractivity contribution in [1.29, 1.82) is 0 Å². The summed E-state index contributed by atoms with van der Waals surface area (Å²) >= 11 is 0. The quantitative estimate of drug-likeness (QED) is 0.748. The van der Waals surface area contributed by atoms with E-state index in [1.54, 1.807) is 4.90 Å². The second-order valence-corrected chi connectivity index (χ2v) is 4.56. The summed E-state index contributed by atoms with van der Waals surface area (Å²) in [5.41, 5.74) is 1.82. The van der Waals surface area contributed by atoms with Crippen molar-refractivity contribution in [3.05, 3.63) is 35.4 Å². The maximum absolute atomic E-state index is 12.0. The van der Waals surface area contributed by atoms with E-state index in [1.807, 2.05) is 31.2 Å². The maximum atomic E-state index is 12.0. The van der Waals surface area contributed by atoms with Gasteiger partial charge in [0.2, 0.25) is 5.91 Å². The SMILES string of the molecule is Cc1ccc(C(=O)CN2CCCCC2=O)cc1. The number of nitrogens with zero attached hydrogens (tertiary/aromatic N) is 1. The Morgan fingerprint density at radius 3 is 2.59 bits per heavy atom. The lowest BCUT2D eigenvalue weighted by atomic mass is 10.1. The number of hydrogen-bond acceptors (Lipinski definition) is 2. The van der Waals surface area contributed by atoms with Crippen molar-refractivity contribution >= 4 is 11.7 Å². The van der Waals surface area contributed by atoms with Crippen LogP contribution in [0.2, 0.25) is 0 Å². The van der Waals surface area contributed by atoms with E-state index >= 15 is 0 Å². The molecule has 0 atom stereocenters. The minimum absolute atomic E-state index is 0.0280. The van der Waals surface area contributed by atoms with Crippen molar-refractivity contribution in [2.24, 2.45) is 0 Å². The number of amides is 1. The van der Waals surface area contributed by atoms with Gasteiger partial charge in [-0.05, 0) is 19.8 Å². The number of carbonyl (C=O) groups is 2. The molecular weight excluding hydrogens is 214 g/mol. The molecule has 17 heavy (non-hydrogen) atoms. The molecule has 0 N–H and O–H groups in total. The standard InChI is InChI=1S/C14H17NO2/c1-11-5-7-12(8-6-11)13(16)10-15-9-3-2-4-14(15)17/h5-8H,2-4,9-10H2,1H3. The zero-order valence-electron chi connectivity index (χ0n) is 10.1. The Morgan fingerprint density at radius 2 is 1.94 bits per heavy atom. The molecule has 0 saturated carbocycles. The van der Waals surface area contributed by atoms with E-state index in [-0.39, 0.29) is 18.2 Å². The van der Waals surface area contributed by atoms with Gasteiger partial charge in [0.25, 0.3) is 0 Å².